The van der Waals surface area contributed by atoms with Gasteiger partial charge in [0.1, 0.15) is 6.23 Å². The molecular formula is C23H49NO2. The van der Waals surface area contributed by atoms with Crippen molar-refractivity contribution in [3.8, 4) is 0 Å². The molecule has 2 unspecified atom stereocenters. The first kappa shape index (κ1) is 25.9. The predicted molar refractivity (Wildman–Crippen MR) is 115 cm³/mol. The smallest absolute Gasteiger partial charge is 0.109 e. The Labute approximate surface area is 164 Å². The monoisotopic (exact) mass is 371 g/mol. The number of rotatable bonds is 20. The van der Waals surface area contributed by atoms with E-state index in [0.29, 0.717) is 6.61 Å². The molecule has 0 saturated heterocycles. The fraction of sp³-hybridized carbons (Fsp3) is 1.00. The second-order valence-electron chi connectivity index (χ2n) is 8.20. The molecule has 0 heterocycles. The van der Waals surface area contributed by atoms with Crippen LogP contribution in [-0.2, 0) is 4.74 Å². The van der Waals surface area contributed by atoms with Crippen molar-refractivity contribution in [1.29, 1.82) is 0 Å². The van der Waals surface area contributed by atoms with Crippen molar-refractivity contribution < 1.29 is 9.84 Å². The van der Waals surface area contributed by atoms with Gasteiger partial charge in [-0.15, -0.1) is 0 Å². The fourth-order valence-electron chi connectivity index (χ4n) is 3.51. The minimum Gasteiger partial charge on any atom is -0.391 e. The first-order valence-corrected chi connectivity index (χ1v) is 11.6. The third-order valence-corrected chi connectivity index (χ3v) is 5.30. The van der Waals surface area contributed by atoms with Crippen molar-refractivity contribution >= 4 is 0 Å². The van der Waals surface area contributed by atoms with Crippen LogP contribution < -0.4 is 0 Å². The normalized spacial score (nSPS) is 14.1. The van der Waals surface area contributed by atoms with E-state index in [2.05, 4.69) is 18.7 Å². The lowest BCUT2D eigenvalue weighted by molar-refractivity contribution is -0.0725. The van der Waals surface area contributed by atoms with Gasteiger partial charge in [-0.2, -0.15) is 0 Å². The fourth-order valence-corrected chi connectivity index (χ4v) is 3.51. The molecular weight excluding hydrogens is 322 g/mol. The predicted octanol–water partition coefficient (Wildman–Crippen LogP) is 6.53. The van der Waals surface area contributed by atoms with E-state index in [1.807, 2.05) is 14.1 Å². The van der Waals surface area contributed by atoms with Gasteiger partial charge in [-0.25, -0.2) is 0 Å². The molecule has 0 fully saturated rings. The van der Waals surface area contributed by atoms with Crippen molar-refractivity contribution in [2.24, 2.45) is 0 Å². The Hall–Kier alpha value is -0.120. The van der Waals surface area contributed by atoms with Crippen molar-refractivity contribution in [1.82, 2.24) is 4.90 Å². The maximum Gasteiger partial charge on any atom is 0.109 e. The first-order valence-electron chi connectivity index (χ1n) is 11.6. The second kappa shape index (κ2) is 19.6. The van der Waals surface area contributed by atoms with Crippen LogP contribution in [0.2, 0.25) is 0 Å². The van der Waals surface area contributed by atoms with Gasteiger partial charge in [-0.1, -0.05) is 104 Å². The van der Waals surface area contributed by atoms with Gasteiger partial charge in [0.15, 0.2) is 0 Å². The summed E-state index contributed by atoms with van der Waals surface area (Å²) in [6, 6.07) is 0. The summed E-state index contributed by atoms with van der Waals surface area (Å²) in [5, 5.41) is 10.0. The van der Waals surface area contributed by atoms with Crippen molar-refractivity contribution in [3.05, 3.63) is 0 Å². The summed E-state index contributed by atoms with van der Waals surface area (Å²) in [6.45, 7) is 4.87. The molecule has 0 bridgehead atoms. The Bertz CT molecular complexity index is 271. The minimum atomic E-state index is -0.304. The number of ether oxygens (including phenoxy) is 1. The highest BCUT2D eigenvalue weighted by Crippen LogP contribution is 2.14. The largest absolute Gasteiger partial charge is 0.391 e. The van der Waals surface area contributed by atoms with Gasteiger partial charge in [0.2, 0.25) is 0 Å². The SMILES string of the molecule is CCCCCCCCCCCCCCCCC(O)COC(CC)N(C)C. The molecule has 0 rings (SSSR count). The van der Waals surface area contributed by atoms with E-state index in [-0.39, 0.29) is 12.3 Å². The average molecular weight is 372 g/mol. The lowest BCUT2D eigenvalue weighted by Gasteiger charge is -2.24. The zero-order valence-electron chi connectivity index (χ0n) is 18.5. The summed E-state index contributed by atoms with van der Waals surface area (Å²) < 4.78 is 5.76. The van der Waals surface area contributed by atoms with Gasteiger partial charge >= 0.3 is 0 Å². The standard InChI is InChI=1S/C23H49NO2/c1-5-7-8-9-10-11-12-13-14-15-16-17-18-19-20-22(25)21-26-23(6-2)24(3)4/h22-23,25H,5-21H2,1-4H3. The number of aliphatic hydroxyl groups is 1. The molecule has 0 aromatic heterocycles. The summed E-state index contributed by atoms with van der Waals surface area (Å²) in [4.78, 5) is 2.07. The molecule has 0 aliphatic rings. The molecule has 3 nitrogen and oxygen atoms in total. The van der Waals surface area contributed by atoms with Crippen LogP contribution in [0.3, 0.4) is 0 Å². The zero-order chi connectivity index (χ0) is 19.5. The molecule has 0 aromatic rings. The van der Waals surface area contributed by atoms with Crippen LogP contribution in [0.1, 0.15) is 117 Å². The van der Waals surface area contributed by atoms with Crippen LogP contribution in [0.5, 0.6) is 0 Å². The van der Waals surface area contributed by atoms with Crippen molar-refractivity contribution in [3.63, 3.8) is 0 Å². The molecule has 2 atom stereocenters. The Balaban J connectivity index is 3.25. The number of hydrogen-bond donors (Lipinski definition) is 1. The molecule has 3 heteroatoms. The maximum absolute atomic E-state index is 10.0. The molecule has 0 saturated carbocycles. The topological polar surface area (TPSA) is 32.7 Å². The Morgan fingerprint density at radius 1 is 0.692 bits per heavy atom. The van der Waals surface area contributed by atoms with Crippen LogP contribution >= 0.6 is 0 Å². The summed E-state index contributed by atoms with van der Waals surface area (Å²) in [7, 11) is 4.04. The van der Waals surface area contributed by atoms with Crippen molar-refractivity contribution in [2.75, 3.05) is 20.7 Å². The van der Waals surface area contributed by atoms with Gasteiger partial charge in [-0.05, 0) is 26.9 Å². The molecule has 1 N–H and O–H groups in total. The molecule has 0 aliphatic carbocycles. The quantitative estimate of drug-likeness (QED) is 0.195. The average Bonchev–Trinajstić information content (AvgIpc) is 2.62. The van der Waals surface area contributed by atoms with Crippen LogP contribution in [-0.4, -0.2) is 43.0 Å². The van der Waals surface area contributed by atoms with Crippen LogP contribution in [0.4, 0.5) is 0 Å². The summed E-state index contributed by atoms with van der Waals surface area (Å²) in [5.74, 6) is 0. The molecule has 0 radical (unpaired) electrons. The number of unbranched alkanes of at least 4 members (excludes halogenated alkanes) is 13. The zero-order valence-corrected chi connectivity index (χ0v) is 18.5. The van der Waals surface area contributed by atoms with Gasteiger partial charge in [-0.3, -0.25) is 4.90 Å². The third kappa shape index (κ3) is 17.3. The van der Waals surface area contributed by atoms with E-state index >= 15 is 0 Å². The highest BCUT2D eigenvalue weighted by molar-refractivity contribution is 4.58. The van der Waals surface area contributed by atoms with E-state index in [1.54, 1.807) is 0 Å². The van der Waals surface area contributed by atoms with Crippen LogP contribution in [0.15, 0.2) is 0 Å². The summed E-state index contributed by atoms with van der Waals surface area (Å²) >= 11 is 0. The molecule has 0 aliphatic heterocycles. The van der Waals surface area contributed by atoms with Crippen LogP contribution in [0, 0.1) is 0 Å². The summed E-state index contributed by atoms with van der Waals surface area (Å²) in [5.41, 5.74) is 0. The van der Waals surface area contributed by atoms with Gasteiger partial charge < -0.3 is 9.84 Å². The van der Waals surface area contributed by atoms with Crippen LogP contribution in [0.25, 0.3) is 0 Å². The Kier molecular flexibility index (Phi) is 19.5. The van der Waals surface area contributed by atoms with E-state index < -0.39 is 0 Å². The lowest BCUT2D eigenvalue weighted by atomic mass is 10.0. The molecule has 0 spiro atoms. The molecule has 0 aromatic carbocycles. The van der Waals surface area contributed by atoms with Gasteiger partial charge in [0.25, 0.3) is 0 Å². The van der Waals surface area contributed by atoms with Crippen molar-refractivity contribution in [2.45, 2.75) is 129 Å². The third-order valence-electron chi connectivity index (χ3n) is 5.30. The van der Waals surface area contributed by atoms with Gasteiger partial charge in [0.05, 0.1) is 12.7 Å². The Morgan fingerprint density at radius 3 is 1.50 bits per heavy atom. The van der Waals surface area contributed by atoms with Gasteiger partial charge in [0, 0.05) is 0 Å². The minimum absolute atomic E-state index is 0.126. The molecule has 158 valence electrons. The number of aliphatic hydroxyl groups excluding tert-OH is 1. The molecule has 26 heavy (non-hydrogen) atoms. The molecule has 0 amide bonds. The highest BCUT2D eigenvalue weighted by Gasteiger charge is 2.11. The summed E-state index contributed by atoms with van der Waals surface area (Å²) in [6.07, 6.45) is 20.9. The lowest BCUT2D eigenvalue weighted by Crippen LogP contribution is -2.32. The van der Waals surface area contributed by atoms with E-state index in [9.17, 15) is 5.11 Å². The number of nitrogens with zero attached hydrogens (tertiary/aromatic N) is 1. The highest BCUT2D eigenvalue weighted by atomic mass is 16.5. The van der Waals surface area contributed by atoms with E-state index in [0.717, 1.165) is 19.3 Å². The first-order chi connectivity index (χ1) is 12.6. The van der Waals surface area contributed by atoms with E-state index in [4.69, 9.17) is 4.74 Å². The second-order valence-corrected chi connectivity index (χ2v) is 8.20. The Morgan fingerprint density at radius 2 is 1.12 bits per heavy atom. The number of hydrogen-bond acceptors (Lipinski definition) is 3. The van der Waals surface area contributed by atoms with E-state index in [1.165, 1.54) is 83.5 Å². The maximum atomic E-state index is 10.0.